The Morgan fingerprint density at radius 1 is 1.54 bits per heavy atom. The van der Waals surface area contributed by atoms with Gasteiger partial charge in [-0.25, -0.2) is 9.97 Å². The lowest BCUT2D eigenvalue weighted by Crippen LogP contribution is -2.04. The molecule has 0 atom stereocenters. The zero-order valence-corrected chi connectivity index (χ0v) is 9.26. The van der Waals surface area contributed by atoms with E-state index in [0.717, 1.165) is 23.3 Å². The number of rotatable bonds is 4. The van der Waals surface area contributed by atoms with Crippen molar-refractivity contribution in [2.24, 2.45) is 0 Å². The normalized spacial score (nSPS) is 9.77. The van der Waals surface area contributed by atoms with E-state index >= 15 is 0 Å². The van der Waals surface area contributed by atoms with Gasteiger partial charge in [0, 0.05) is 6.54 Å². The Labute approximate surface area is 85.9 Å². The second-order valence-electron chi connectivity index (χ2n) is 2.47. The molecule has 0 aliphatic carbocycles. The summed E-state index contributed by atoms with van der Waals surface area (Å²) in [7, 11) is 1.58. The van der Waals surface area contributed by atoms with Crippen molar-refractivity contribution in [3.05, 3.63) is 10.8 Å². The molecule has 0 fully saturated rings. The maximum absolute atomic E-state index is 5.03. The summed E-state index contributed by atoms with van der Waals surface area (Å²) in [4.78, 5) is 8.02. The predicted octanol–water partition coefficient (Wildman–Crippen LogP) is 2.07. The molecule has 0 aliphatic heterocycles. The highest BCUT2D eigenvalue weighted by Crippen LogP contribution is 2.27. The average molecular weight is 246 g/mol. The third-order valence-electron chi connectivity index (χ3n) is 1.49. The van der Waals surface area contributed by atoms with Crippen LogP contribution in [0, 0.1) is 0 Å². The summed E-state index contributed by atoms with van der Waals surface area (Å²) in [5.74, 6) is 1.32. The number of ether oxygens (including phenoxy) is 1. The van der Waals surface area contributed by atoms with Gasteiger partial charge in [0.25, 0.3) is 0 Å². The Hall–Kier alpha value is -0.840. The van der Waals surface area contributed by atoms with Crippen LogP contribution in [0.25, 0.3) is 0 Å². The van der Waals surface area contributed by atoms with Crippen molar-refractivity contribution in [3.8, 4) is 5.88 Å². The molecular formula is C8H12BrN3O. The Bertz CT molecular complexity index is 280. The van der Waals surface area contributed by atoms with Crippen LogP contribution in [0.3, 0.4) is 0 Å². The van der Waals surface area contributed by atoms with Crippen molar-refractivity contribution in [3.63, 3.8) is 0 Å². The monoisotopic (exact) mass is 245 g/mol. The Balaban J connectivity index is 2.81. The van der Waals surface area contributed by atoms with E-state index in [9.17, 15) is 0 Å². The van der Waals surface area contributed by atoms with Gasteiger partial charge >= 0.3 is 0 Å². The summed E-state index contributed by atoms with van der Waals surface area (Å²) in [6.45, 7) is 2.98. The highest BCUT2D eigenvalue weighted by molar-refractivity contribution is 9.10. The fourth-order valence-corrected chi connectivity index (χ4v) is 1.37. The van der Waals surface area contributed by atoms with Crippen LogP contribution in [0.4, 0.5) is 5.82 Å². The van der Waals surface area contributed by atoms with Gasteiger partial charge in [0.15, 0.2) is 0 Å². The van der Waals surface area contributed by atoms with Gasteiger partial charge in [0.2, 0.25) is 5.88 Å². The molecule has 0 spiro atoms. The van der Waals surface area contributed by atoms with Crippen LogP contribution >= 0.6 is 15.9 Å². The predicted molar refractivity (Wildman–Crippen MR) is 55.1 cm³/mol. The number of hydrogen-bond donors (Lipinski definition) is 1. The molecule has 0 amide bonds. The Morgan fingerprint density at radius 3 is 2.92 bits per heavy atom. The van der Waals surface area contributed by atoms with Gasteiger partial charge in [0.05, 0.1) is 7.11 Å². The molecule has 0 aliphatic rings. The highest BCUT2D eigenvalue weighted by Gasteiger charge is 2.07. The van der Waals surface area contributed by atoms with Gasteiger partial charge < -0.3 is 10.1 Å². The maximum atomic E-state index is 5.03. The number of hydrogen-bond acceptors (Lipinski definition) is 4. The van der Waals surface area contributed by atoms with Crippen LogP contribution in [-0.4, -0.2) is 23.6 Å². The largest absolute Gasteiger partial charge is 0.480 e. The molecule has 0 unspecified atom stereocenters. The molecule has 1 heterocycles. The SMILES string of the molecule is CCCNc1ncnc(OC)c1Br. The molecule has 1 N–H and O–H groups in total. The third-order valence-corrected chi connectivity index (χ3v) is 2.21. The van der Waals surface area contributed by atoms with Crippen LogP contribution in [0.5, 0.6) is 5.88 Å². The van der Waals surface area contributed by atoms with Crippen molar-refractivity contribution in [1.29, 1.82) is 0 Å². The van der Waals surface area contributed by atoms with Crippen LogP contribution in [0.1, 0.15) is 13.3 Å². The standard InChI is InChI=1S/C8H12BrN3O/c1-3-4-10-7-6(9)8(13-2)12-5-11-7/h5H,3-4H2,1-2H3,(H,10,11,12). The fourth-order valence-electron chi connectivity index (χ4n) is 0.863. The van der Waals surface area contributed by atoms with E-state index in [1.807, 2.05) is 0 Å². The number of anilines is 1. The number of methoxy groups -OCH3 is 1. The van der Waals surface area contributed by atoms with E-state index in [1.165, 1.54) is 6.33 Å². The lowest BCUT2D eigenvalue weighted by molar-refractivity contribution is 0.394. The van der Waals surface area contributed by atoms with Crippen LogP contribution in [-0.2, 0) is 0 Å². The Morgan fingerprint density at radius 2 is 2.31 bits per heavy atom. The number of nitrogens with one attached hydrogen (secondary N) is 1. The minimum Gasteiger partial charge on any atom is -0.480 e. The minimum atomic E-state index is 0.550. The molecule has 72 valence electrons. The number of aromatic nitrogens is 2. The first-order valence-corrected chi connectivity index (χ1v) is 4.87. The van der Waals surface area contributed by atoms with Gasteiger partial charge in [-0.15, -0.1) is 0 Å². The van der Waals surface area contributed by atoms with Crippen LogP contribution < -0.4 is 10.1 Å². The summed E-state index contributed by atoms with van der Waals surface area (Å²) in [6, 6.07) is 0. The first-order valence-electron chi connectivity index (χ1n) is 4.08. The topological polar surface area (TPSA) is 47.0 Å². The molecule has 0 saturated heterocycles. The van der Waals surface area contributed by atoms with Crippen molar-refractivity contribution < 1.29 is 4.74 Å². The van der Waals surface area contributed by atoms with Gasteiger partial charge in [-0.05, 0) is 22.4 Å². The molecule has 1 aromatic heterocycles. The smallest absolute Gasteiger partial charge is 0.233 e. The summed E-state index contributed by atoms with van der Waals surface area (Å²) in [5, 5.41) is 3.16. The van der Waals surface area contributed by atoms with Gasteiger partial charge in [0.1, 0.15) is 16.6 Å². The summed E-state index contributed by atoms with van der Waals surface area (Å²) >= 11 is 3.36. The lowest BCUT2D eigenvalue weighted by Gasteiger charge is -2.07. The van der Waals surface area contributed by atoms with Gasteiger partial charge in [-0.1, -0.05) is 6.92 Å². The van der Waals surface area contributed by atoms with E-state index in [2.05, 4.69) is 38.1 Å². The van der Waals surface area contributed by atoms with E-state index in [0.29, 0.717) is 5.88 Å². The molecule has 4 nitrogen and oxygen atoms in total. The molecule has 5 heteroatoms. The number of halogens is 1. The molecule has 1 aromatic rings. The van der Waals surface area contributed by atoms with Crippen molar-refractivity contribution in [2.45, 2.75) is 13.3 Å². The Kier molecular flexibility index (Phi) is 3.95. The van der Waals surface area contributed by atoms with Crippen LogP contribution in [0.15, 0.2) is 10.8 Å². The van der Waals surface area contributed by atoms with Gasteiger partial charge in [-0.3, -0.25) is 0 Å². The van der Waals surface area contributed by atoms with E-state index in [1.54, 1.807) is 7.11 Å². The fraction of sp³-hybridized carbons (Fsp3) is 0.500. The zero-order chi connectivity index (χ0) is 9.68. The number of nitrogens with zero attached hydrogens (tertiary/aromatic N) is 2. The second-order valence-corrected chi connectivity index (χ2v) is 3.27. The molecule has 13 heavy (non-hydrogen) atoms. The average Bonchev–Trinajstić information content (AvgIpc) is 2.16. The van der Waals surface area contributed by atoms with E-state index in [-0.39, 0.29) is 0 Å². The molecular weight excluding hydrogens is 234 g/mol. The van der Waals surface area contributed by atoms with Crippen molar-refractivity contribution >= 4 is 21.7 Å². The summed E-state index contributed by atoms with van der Waals surface area (Å²) < 4.78 is 5.80. The maximum Gasteiger partial charge on any atom is 0.233 e. The highest BCUT2D eigenvalue weighted by atomic mass is 79.9. The van der Waals surface area contributed by atoms with E-state index < -0.39 is 0 Å². The molecule has 1 rings (SSSR count). The minimum absolute atomic E-state index is 0.550. The summed E-state index contributed by atoms with van der Waals surface area (Å²) in [5.41, 5.74) is 0. The lowest BCUT2D eigenvalue weighted by atomic mass is 10.4. The van der Waals surface area contributed by atoms with E-state index in [4.69, 9.17) is 4.74 Å². The molecule has 0 bridgehead atoms. The van der Waals surface area contributed by atoms with Crippen molar-refractivity contribution in [2.75, 3.05) is 19.0 Å². The molecule has 0 saturated carbocycles. The van der Waals surface area contributed by atoms with Crippen molar-refractivity contribution in [1.82, 2.24) is 9.97 Å². The van der Waals surface area contributed by atoms with Crippen LogP contribution in [0.2, 0.25) is 0 Å². The summed E-state index contributed by atoms with van der Waals surface area (Å²) in [6.07, 6.45) is 2.53. The molecule has 0 aromatic carbocycles. The molecule has 0 radical (unpaired) electrons. The second kappa shape index (κ2) is 5.01. The first kappa shape index (κ1) is 10.2. The zero-order valence-electron chi connectivity index (χ0n) is 7.67. The first-order chi connectivity index (χ1) is 6.29. The quantitative estimate of drug-likeness (QED) is 0.883. The van der Waals surface area contributed by atoms with Gasteiger partial charge in [-0.2, -0.15) is 0 Å². The third kappa shape index (κ3) is 2.55.